The van der Waals surface area contributed by atoms with Crippen molar-refractivity contribution in [2.24, 2.45) is 0 Å². The quantitative estimate of drug-likeness (QED) is 0.815. The summed E-state index contributed by atoms with van der Waals surface area (Å²) in [4.78, 5) is 12.0. The van der Waals surface area contributed by atoms with Crippen LogP contribution in [-0.4, -0.2) is 39.3 Å². The van der Waals surface area contributed by atoms with Crippen molar-refractivity contribution in [1.29, 1.82) is 0 Å². The molecule has 1 aromatic rings. The normalized spacial score (nSPS) is 15.2. The number of benzene rings is 1. The molecular formula is C16H24ClFN2O2. The molecule has 2 rings (SSSR count). The summed E-state index contributed by atoms with van der Waals surface area (Å²) in [6.45, 7) is 4.51. The highest BCUT2D eigenvalue weighted by Gasteiger charge is 2.20. The van der Waals surface area contributed by atoms with Crippen LogP contribution in [0.15, 0.2) is 12.1 Å². The van der Waals surface area contributed by atoms with Crippen LogP contribution < -0.4 is 10.6 Å². The molecule has 1 fully saturated rings. The van der Waals surface area contributed by atoms with Crippen molar-refractivity contribution >= 4 is 18.3 Å². The van der Waals surface area contributed by atoms with E-state index in [4.69, 9.17) is 4.74 Å². The third-order valence-corrected chi connectivity index (χ3v) is 3.94. The van der Waals surface area contributed by atoms with Gasteiger partial charge >= 0.3 is 0 Å². The highest BCUT2D eigenvalue weighted by atomic mass is 35.5. The predicted octanol–water partition coefficient (Wildman–Crippen LogP) is 2.40. The van der Waals surface area contributed by atoms with Crippen molar-refractivity contribution < 1.29 is 13.9 Å². The molecule has 1 amide bonds. The number of piperidine rings is 1. The van der Waals surface area contributed by atoms with Crippen molar-refractivity contribution in [3.8, 4) is 0 Å². The number of halogens is 2. The van der Waals surface area contributed by atoms with Crippen LogP contribution in [0, 0.1) is 12.7 Å². The van der Waals surface area contributed by atoms with Gasteiger partial charge in [-0.05, 0) is 56.0 Å². The van der Waals surface area contributed by atoms with Crippen LogP contribution in [0.1, 0.15) is 40.2 Å². The first kappa shape index (κ1) is 18.9. The summed E-state index contributed by atoms with van der Waals surface area (Å²) in [5.74, 6) is -0.428. The standard InChI is InChI=1S/C16H23FN2O2.ClH/c1-11-9-13(12-3-5-18-6-4-12)10-14(17)15(11)16(20)19-7-8-21-2;/h9-10,12,18H,3-8H2,1-2H3,(H,19,20);1H. The highest BCUT2D eigenvalue weighted by Crippen LogP contribution is 2.28. The van der Waals surface area contributed by atoms with Gasteiger partial charge in [-0.25, -0.2) is 4.39 Å². The van der Waals surface area contributed by atoms with E-state index in [0.717, 1.165) is 31.5 Å². The fourth-order valence-corrected chi connectivity index (χ4v) is 2.80. The van der Waals surface area contributed by atoms with E-state index in [2.05, 4.69) is 10.6 Å². The monoisotopic (exact) mass is 330 g/mol. The first-order chi connectivity index (χ1) is 10.1. The summed E-state index contributed by atoms with van der Waals surface area (Å²) < 4.78 is 19.2. The average Bonchev–Trinajstić information content (AvgIpc) is 2.47. The van der Waals surface area contributed by atoms with E-state index in [1.54, 1.807) is 14.0 Å². The fraction of sp³-hybridized carbons (Fsp3) is 0.562. The van der Waals surface area contributed by atoms with Gasteiger partial charge < -0.3 is 15.4 Å². The lowest BCUT2D eigenvalue weighted by Gasteiger charge is -2.24. The van der Waals surface area contributed by atoms with Crippen LogP contribution in [0.5, 0.6) is 0 Å². The third-order valence-electron chi connectivity index (χ3n) is 3.94. The van der Waals surface area contributed by atoms with Crippen LogP contribution in [-0.2, 0) is 4.74 Å². The smallest absolute Gasteiger partial charge is 0.254 e. The molecule has 1 aromatic carbocycles. The molecule has 4 nitrogen and oxygen atoms in total. The molecule has 2 N–H and O–H groups in total. The van der Waals surface area contributed by atoms with E-state index in [-0.39, 0.29) is 23.9 Å². The summed E-state index contributed by atoms with van der Waals surface area (Å²) in [7, 11) is 1.56. The molecule has 0 bridgehead atoms. The molecule has 0 radical (unpaired) electrons. The van der Waals surface area contributed by atoms with Crippen molar-refractivity contribution in [2.45, 2.75) is 25.7 Å². The lowest BCUT2D eigenvalue weighted by atomic mass is 9.88. The van der Waals surface area contributed by atoms with Crippen LogP contribution in [0.3, 0.4) is 0 Å². The molecule has 0 atom stereocenters. The molecule has 0 aromatic heterocycles. The Hall–Kier alpha value is -1.17. The van der Waals surface area contributed by atoms with E-state index in [1.165, 1.54) is 6.07 Å². The molecule has 124 valence electrons. The molecule has 22 heavy (non-hydrogen) atoms. The number of rotatable bonds is 5. The second kappa shape index (κ2) is 9.08. The Bertz CT molecular complexity index is 482. The van der Waals surface area contributed by atoms with Crippen LogP contribution in [0.4, 0.5) is 4.39 Å². The lowest BCUT2D eigenvalue weighted by molar-refractivity contribution is 0.0932. The Kier molecular flexibility index (Phi) is 7.79. The maximum Gasteiger partial charge on any atom is 0.254 e. The molecule has 1 heterocycles. The second-order valence-electron chi connectivity index (χ2n) is 5.47. The van der Waals surface area contributed by atoms with E-state index in [1.807, 2.05) is 6.07 Å². The molecule has 0 saturated carbocycles. The summed E-state index contributed by atoms with van der Waals surface area (Å²) in [6, 6.07) is 3.47. The Labute approximate surface area is 137 Å². The van der Waals surface area contributed by atoms with Gasteiger partial charge in [0.15, 0.2) is 0 Å². The first-order valence-corrected chi connectivity index (χ1v) is 7.41. The topological polar surface area (TPSA) is 50.4 Å². The number of hydrogen-bond acceptors (Lipinski definition) is 3. The number of aryl methyl sites for hydroxylation is 1. The number of methoxy groups -OCH3 is 1. The maximum atomic E-state index is 14.3. The molecular weight excluding hydrogens is 307 g/mol. The number of carbonyl (C=O) groups excluding carboxylic acids is 1. The van der Waals surface area contributed by atoms with Gasteiger partial charge in [0, 0.05) is 13.7 Å². The minimum absolute atomic E-state index is 0. The van der Waals surface area contributed by atoms with Gasteiger partial charge in [0.05, 0.1) is 12.2 Å². The SMILES string of the molecule is COCCNC(=O)c1c(C)cc(C2CCNCC2)cc1F.Cl. The number of ether oxygens (including phenoxy) is 1. The number of nitrogens with one attached hydrogen (secondary N) is 2. The number of amides is 1. The van der Waals surface area contributed by atoms with Crippen LogP contribution in [0.25, 0.3) is 0 Å². The van der Waals surface area contributed by atoms with Crippen molar-refractivity contribution in [3.63, 3.8) is 0 Å². The highest BCUT2D eigenvalue weighted by molar-refractivity contribution is 5.96. The largest absolute Gasteiger partial charge is 0.383 e. The van der Waals surface area contributed by atoms with Gasteiger partial charge in [-0.2, -0.15) is 0 Å². The van der Waals surface area contributed by atoms with Gasteiger partial charge in [-0.15, -0.1) is 12.4 Å². The van der Waals surface area contributed by atoms with E-state index in [9.17, 15) is 9.18 Å². The Balaban J connectivity index is 0.00000242. The van der Waals surface area contributed by atoms with E-state index in [0.29, 0.717) is 24.6 Å². The van der Waals surface area contributed by atoms with E-state index >= 15 is 0 Å². The summed E-state index contributed by atoms with van der Waals surface area (Å²) in [5.41, 5.74) is 1.84. The third kappa shape index (κ3) is 4.66. The molecule has 1 aliphatic rings. The van der Waals surface area contributed by atoms with Crippen molar-refractivity contribution in [1.82, 2.24) is 10.6 Å². The Morgan fingerprint density at radius 2 is 2.09 bits per heavy atom. The number of carbonyl (C=O) groups is 1. The van der Waals surface area contributed by atoms with Gasteiger partial charge in [0.1, 0.15) is 5.82 Å². The van der Waals surface area contributed by atoms with E-state index < -0.39 is 5.82 Å². The zero-order valence-corrected chi connectivity index (χ0v) is 13.9. The van der Waals surface area contributed by atoms with Gasteiger partial charge in [-0.3, -0.25) is 4.79 Å². The van der Waals surface area contributed by atoms with Gasteiger partial charge in [-0.1, -0.05) is 6.07 Å². The lowest BCUT2D eigenvalue weighted by Crippen LogP contribution is -2.29. The fourth-order valence-electron chi connectivity index (χ4n) is 2.80. The van der Waals surface area contributed by atoms with Crippen molar-refractivity contribution in [3.05, 3.63) is 34.6 Å². The Morgan fingerprint density at radius 1 is 1.41 bits per heavy atom. The zero-order chi connectivity index (χ0) is 15.2. The maximum absolute atomic E-state index is 14.3. The zero-order valence-electron chi connectivity index (χ0n) is 13.1. The minimum Gasteiger partial charge on any atom is -0.383 e. The molecule has 0 unspecified atom stereocenters. The van der Waals surface area contributed by atoms with Crippen LogP contribution in [0.2, 0.25) is 0 Å². The molecule has 0 spiro atoms. The summed E-state index contributed by atoms with van der Waals surface area (Å²) >= 11 is 0. The minimum atomic E-state index is -0.432. The molecule has 1 saturated heterocycles. The molecule has 6 heteroatoms. The second-order valence-corrected chi connectivity index (χ2v) is 5.47. The van der Waals surface area contributed by atoms with Crippen LogP contribution >= 0.6 is 12.4 Å². The summed E-state index contributed by atoms with van der Waals surface area (Å²) in [5, 5.41) is 5.97. The number of hydrogen-bond donors (Lipinski definition) is 2. The predicted molar refractivity (Wildman–Crippen MR) is 87.4 cm³/mol. The average molecular weight is 331 g/mol. The Morgan fingerprint density at radius 3 is 2.68 bits per heavy atom. The molecule has 1 aliphatic heterocycles. The van der Waals surface area contributed by atoms with Crippen molar-refractivity contribution in [2.75, 3.05) is 33.4 Å². The first-order valence-electron chi connectivity index (χ1n) is 7.41. The molecule has 0 aliphatic carbocycles. The summed E-state index contributed by atoms with van der Waals surface area (Å²) in [6.07, 6.45) is 2.02. The van der Waals surface area contributed by atoms with Gasteiger partial charge in [0.2, 0.25) is 0 Å². The van der Waals surface area contributed by atoms with Gasteiger partial charge in [0.25, 0.3) is 5.91 Å².